The molecule has 96 valence electrons. The number of hydrogen-bond donors (Lipinski definition) is 2. The number of rotatable bonds is 3. The lowest BCUT2D eigenvalue weighted by Gasteiger charge is -2.12. The highest BCUT2D eigenvalue weighted by Gasteiger charge is 2.07. The van der Waals surface area contributed by atoms with Crippen LogP contribution in [0.4, 0.5) is 0 Å². The number of nitrogens with zero attached hydrogens (tertiary/aromatic N) is 1. The molecule has 0 saturated heterocycles. The van der Waals surface area contributed by atoms with E-state index in [9.17, 15) is 4.79 Å². The lowest BCUT2D eigenvalue weighted by molar-refractivity contribution is 0.0857. The van der Waals surface area contributed by atoms with Gasteiger partial charge in [-0.15, -0.1) is 0 Å². The molecule has 1 rings (SSSR count). The fourth-order valence-electron chi connectivity index (χ4n) is 1.38. The number of benzene rings is 1. The summed E-state index contributed by atoms with van der Waals surface area (Å²) >= 11 is 0. The summed E-state index contributed by atoms with van der Waals surface area (Å²) in [6.45, 7) is 1.99. The van der Waals surface area contributed by atoms with Crippen molar-refractivity contribution in [1.82, 2.24) is 10.4 Å². The molecule has 0 aliphatic rings. The molecule has 0 unspecified atom stereocenters. The molecule has 4 nitrogen and oxygen atoms in total. The predicted molar refractivity (Wildman–Crippen MR) is 70.9 cm³/mol. The quantitative estimate of drug-likeness (QED) is 0.616. The van der Waals surface area contributed by atoms with Gasteiger partial charge in [-0.2, -0.15) is 0 Å². The van der Waals surface area contributed by atoms with Gasteiger partial charge in [0.25, 0.3) is 5.91 Å². The lowest BCUT2D eigenvalue weighted by atomic mass is 10.0. The molecule has 0 aliphatic heterocycles. The first-order valence-electron chi connectivity index (χ1n) is 5.73. The Balaban J connectivity index is 2.94. The van der Waals surface area contributed by atoms with E-state index < -0.39 is 0 Å². The van der Waals surface area contributed by atoms with Gasteiger partial charge in [-0.05, 0) is 24.6 Å². The van der Waals surface area contributed by atoms with Crippen molar-refractivity contribution >= 4 is 5.91 Å². The average Bonchev–Trinajstić information content (AvgIpc) is 2.30. The van der Waals surface area contributed by atoms with Crippen LogP contribution < -0.4 is 5.43 Å². The fourth-order valence-corrected chi connectivity index (χ4v) is 1.38. The summed E-state index contributed by atoms with van der Waals surface area (Å²) in [6.07, 6.45) is 0.438. The number of carbonyl (C=O) groups is 1. The predicted octanol–water partition coefficient (Wildman–Crippen LogP) is 0.935. The molecule has 0 aliphatic carbocycles. The molecule has 0 radical (unpaired) electrons. The van der Waals surface area contributed by atoms with Crippen LogP contribution in [0.1, 0.15) is 27.9 Å². The summed E-state index contributed by atoms with van der Waals surface area (Å²) in [4.78, 5) is 11.8. The highest BCUT2D eigenvalue weighted by Crippen LogP contribution is 2.10. The zero-order valence-electron chi connectivity index (χ0n) is 10.9. The third kappa shape index (κ3) is 4.21. The SMILES string of the molecule is Cc1ccc(C(=O)NN(C)C)cc1C#CCCO. The topological polar surface area (TPSA) is 52.6 Å². The third-order valence-electron chi connectivity index (χ3n) is 2.28. The summed E-state index contributed by atoms with van der Waals surface area (Å²) in [7, 11) is 3.52. The van der Waals surface area contributed by atoms with E-state index in [1.807, 2.05) is 13.0 Å². The Morgan fingerprint density at radius 2 is 2.17 bits per heavy atom. The Labute approximate surface area is 108 Å². The van der Waals surface area contributed by atoms with E-state index in [0.717, 1.165) is 11.1 Å². The van der Waals surface area contributed by atoms with E-state index in [2.05, 4.69) is 17.3 Å². The molecule has 0 saturated carbocycles. The summed E-state index contributed by atoms with van der Waals surface area (Å²) in [5.41, 5.74) is 5.08. The van der Waals surface area contributed by atoms with Gasteiger partial charge >= 0.3 is 0 Å². The lowest BCUT2D eigenvalue weighted by Crippen LogP contribution is -2.36. The summed E-state index contributed by atoms with van der Waals surface area (Å²) in [6, 6.07) is 5.40. The zero-order chi connectivity index (χ0) is 13.5. The van der Waals surface area contributed by atoms with Gasteiger partial charge in [-0.1, -0.05) is 17.9 Å². The molecule has 0 fully saturated rings. The Kier molecular flexibility index (Phi) is 5.37. The molecule has 0 heterocycles. The van der Waals surface area contributed by atoms with Crippen molar-refractivity contribution in [2.24, 2.45) is 0 Å². The maximum Gasteiger partial charge on any atom is 0.265 e. The number of hydrazine groups is 1. The van der Waals surface area contributed by atoms with Crippen LogP contribution in [-0.2, 0) is 0 Å². The molecule has 0 spiro atoms. The van der Waals surface area contributed by atoms with Gasteiger partial charge in [0, 0.05) is 31.6 Å². The third-order valence-corrected chi connectivity index (χ3v) is 2.28. The highest BCUT2D eigenvalue weighted by molar-refractivity contribution is 5.94. The van der Waals surface area contributed by atoms with E-state index in [-0.39, 0.29) is 12.5 Å². The first kappa shape index (κ1) is 14.2. The van der Waals surface area contributed by atoms with Gasteiger partial charge in [0.2, 0.25) is 0 Å². The monoisotopic (exact) mass is 246 g/mol. The van der Waals surface area contributed by atoms with E-state index in [4.69, 9.17) is 5.11 Å². The van der Waals surface area contributed by atoms with E-state index in [1.54, 1.807) is 31.2 Å². The van der Waals surface area contributed by atoms with E-state index in [1.165, 1.54) is 0 Å². The number of carbonyl (C=O) groups excluding carboxylic acids is 1. The normalized spacial score (nSPS) is 9.83. The Morgan fingerprint density at radius 1 is 1.44 bits per heavy atom. The molecular weight excluding hydrogens is 228 g/mol. The van der Waals surface area contributed by atoms with Gasteiger partial charge < -0.3 is 5.11 Å². The second-order valence-corrected chi connectivity index (χ2v) is 4.14. The first-order valence-corrected chi connectivity index (χ1v) is 5.73. The van der Waals surface area contributed by atoms with Gasteiger partial charge in [-0.25, -0.2) is 5.01 Å². The number of aliphatic hydroxyl groups is 1. The van der Waals surface area contributed by atoms with E-state index >= 15 is 0 Å². The Morgan fingerprint density at radius 3 is 2.78 bits per heavy atom. The van der Waals surface area contributed by atoms with Crippen LogP contribution in [0.15, 0.2) is 18.2 Å². The zero-order valence-corrected chi connectivity index (χ0v) is 10.9. The van der Waals surface area contributed by atoms with Crippen LogP contribution in [0, 0.1) is 18.8 Å². The first-order chi connectivity index (χ1) is 8.54. The van der Waals surface area contributed by atoms with Crippen molar-refractivity contribution in [2.75, 3.05) is 20.7 Å². The molecule has 1 aromatic carbocycles. The van der Waals surface area contributed by atoms with Crippen molar-refractivity contribution in [2.45, 2.75) is 13.3 Å². The maximum absolute atomic E-state index is 11.8. The van der Waals surface area contributed by atoms with Crippen LogP contribution in [0.2, 0.25) is 0 Å². The second kappa shape index (κ2) is 6.80. The highest BCUT2D eigenvalue weighted by atomic mass is 16.2. The second-order valence-electron chi connectivity index (χ2n) is 4.14. The van der Waals surface area contributed by atoms with Crippen LogP contribution in [0.25, 0.3) is 0 Å². The molecular formula is C14H18N2O2. The van der Waals surface area contributed by atoms with Gasteiger partial charge in [0.1, 0.15) is 0 Å². The summed E-state index contributed by atoms with van der Waals surface area (Å²) < 4.78 is 0. The molecule has 2 N–H and O–H groups in total. The van der Waals surface area contributed by atoms with Crippen LogP contribution in [0.3, 0.4) is 0 Å². The Bertz CT molecular complexity index is 484. The average molecular weight is 246 g/mol. The van der Waals surface area contributed by atoms with Gasteiger partial charge in [0.05, 0.1) is 6.61 Å². The number of nitrogens with one attached hydrogen (secondary N) is 1. The van der Waals surface area contributed by atoms with Crippen molar-refractivity contribution in [3.8, 4) is 11.8 Å². The Hall–Kier alpha value is -1.83. The van der Waals surface area contributed by atoms with Gasteiger partial charge in [0.15, 0.2) is 0 Å². The van der Waals surface area contributed by atoms with Gasteiger partial charge in [-0.3, -0.25) is 10.2 Å². The number of aliphatic hydroxyl groups excluding tert-OH is 1. The van der Waals surface area contributed by atoms with Crippen molar-refractivity contribution in [1.29, 1.82) is 0 Å². The largest absolute Gasteiger partial charge is 0.395 e. The fraction of sp³-hybridized carbons (Fsp3) is 0.357. The molecule has 0 atom stereocenters. The number of aryl methyl sites for hydroxylation is 1. The summed E-state index contributed by atoms with van der Waals surface area (Å²) in [5.74, 6) is 5.65. The van der Waals surface area contributed by atoms with Crippen LogP contribution in [0.5, 0.6) is 0 Å². The van der Waals surface area contributed by atoms with Crippen molar-refractivity contribution in [3.05, 3.63) is 34.9 Å². The minimum Gasteiger partial charge on any atom is -0.395 e. The van der Waals surface area contributed by atoms with Crippen LogP contribution in [-0.4, -0.2) is 36.7 Å². The van der Waals surface area contributed by atoms with Crippen molar-refractivity contribution < 1.29 is 9.90 Å². The molecule has 1 aromatic rings. The molecule has 0 bridgehead atoms. The molecule has 0 aromatic heterocycles. The number of hydrogen-bond acceptors (Lipinski definition) is 3. The minimum absolute atomic E-state index is 0.0485. The standard InChI is InChI=1S/C14H18N2O2/c1-11-7-8-13(14(18)15-16(2)3)10-12(11)6-4-5-9-17/h7-8,10,17H,5,9H2,1-3H3,(H,15,18). The number of amides is 1. The smallest absolute Gasteiger partial charge is 0.265 e. The van der Waals surface area contributed by atoms with Crippen molar-refractivity contribution in [3.63, 3.8) is 0 Å². The molecule has 4 heteroatoms. The summed E-state index contributed by atoms with van der Waals surface area (Å²) in [5, 5.41) is 10.3. The maximum atomic E-state index is 11.8. The van der Waals surface area contributed by atoms with Crippen LogP contribution >= 0.6 is 0 Å². The molecule has 18 heavy (non-hydrogen) atoms. The minimum atomic E-state index is -0.162. The molecule has 1 amide bonds. The van der Waals surface area contributed by atoms with E-state index in [0.29, 0.717) is 12.0 Å².